The van der Waals surface area contributed by atoms with E-state index < -0.39 is 5.60 Å². The lowest BCUT2D eigenvalue weighted by molar-refractivity contribution is 0.0584. The average Bonchev–Trinajstić information content (AvgIpc) is 2.60. The number of rotatable bonds is 0. The van der Waals surface area contributed by atoms with Gasteiger partial charge in [-0.3, -0.25) is 4.90 Å². The zero-order valence-corrected chi connectivity index (χ0v) is 12.4. The highest BCUT2D eigenvalue weighted by Gasteiger charge is 2.29. The van der Waals surface area contributed by atoms with Gasteiger partial charge in [-0.25, -0.2) is 4.79 Å². The summed E-state index contributed by atoms with van der Waals surface area (Å²) in [5.41, 5.74) is 1.80. The van der Waals surface area contributed by atoms with Gasteiger partial charge in [0.15, 0.2) is 0 Å². The fraction of sp³-hybridized carbons (Fsp3) is 0.462. The number of hydrogen-bond donors (Lipinski definition) is 0. The van der Waals surface area contributed by atoms with Gasteiger partial charge in [-0.1, -0.05) is 6.07 Å². The summed E-state index contributed by atoms with van der Waals surface area (Å²) in [6.07, 6.45) is 0.659. The number of fused-ring (bicyclic) bond motifs is 1. The Labute approximate surface area is 115 Å². The van der Waals surface area contributed by atoms with E-state index in [2.05, 4.69) is 28.7 Å². The molecule has 0 bridgehead atoms. The largest absolute Gasteiger partial charge is 0.443 e. The van der Waals surface area contributed by atoms with Crippen molar-refractivity contribution in [3.63, 3.8) is 0 Å². The minimum atomic E-state index is -0.443. The van der Waals surface area contributed by atoms with Gasteiger partial charge in [0.05, 0.1) is 5.69 Å². The first-order chi connectivity index (χ1) is 7.88. The van der Waals surface area contributed by atoms with Gasteiger partial charge >= 0.3 is 6.09 Å². The van der Waals surface area contributed by atoms with Crippen molar-refractivity contribution in [1.82, 2.24) is 0 Å². The highest BCUT2D eigenvalue weighted by molar-refractivity contribution is 14.1. The Bertz CT molecular complexity index is 451. The van der Waals surface area contributed by atoms with E-state index in [0.717, 1.165) is 12.1 Å². The van der Waals surface area contributed by atoms with E-state index in [1.165, 1.54) is 9.13 Å². The third-order valence-electron chi connectivity index (χ3n) is 2.58. The number of nitrogens with zero attached hydrogens (tertiary/aromatic N) is 1. The molecule has 0 saturated heterocycles. The summed E-state index contributed by atoms with van der Waals surface area (Å²) >= 11 is 2.31. The zero-order chi connectivity index (χ0) is 12.6. The van der Waals surface area contributed by atoms with Crippen LogP contribution in [0.1, 0.15) is 26.3 Å². The van der Waals surface area contributed by atoms with E-state index in [9.17, 15) is 4.79 Å². The minimum Gasteiger partial charge on any atom is -0.443 e. The monoisotopic (exact) mass is 345 g/mol. The molecular formula is C13H16INO2. The maximum atomic E-state index is 12.0. The Balaban J connectivity index is 2.23. The van der Waals surface area contributed by atoms with Crippen LogP contribution >= 0.6 is 22.6 Å². The first kappa shape index (κ1) is 12.7. The molecule has 0 aliphatic carbocycles. The molecule has 1 amide bonds. The Hall–Kier alpha value is -0.780. The smallest absolute Gasteiger partial charge is 0.414 e. The molecule has 1 aliphatic rings. The van der Waals surface area contributed by atoms with Crippen molar-refractivity contribution in [2.45, 2.75) is 32.8 Å². The molecular weight excluding hydrogens is 329 g/mol. The van der Waals surface area contributed by atoms with Gasteiger partial charge in [0.1, 0.15) is 5.60 Å². The van der Waals surface area contributed by atoms with Crippen molar-refractivity contribution in [3.05, 3.63) is 27.3 Å². The van der Waals surface area contributed by atoms with Crippen LogP contribution in [0.15, 0.2) is 18.2 Å². The predicted octanol–water partition coefficient (Wildman–Crippen LogP) is 3.59. The van der Waals surface area contributed by atoms with Gasteiger partial charge in [0.25, 0.3) is 0 Å². The summed E-state index contributed by atoms with van der Waals surface area (Å²) in [5.74, 6) is 0. The second kappa shape index (κ2) is 4.48. The highest BCUT2D eigenvalue weighted by atomic mass is 127. The number of halogens is 1. The second-order valence-electron chi connectivity index (χ2n) is 5.12. The normalized spacial score (nSPS) is 14.7. The summed E-state index contributed by atoms with van der Waals surface area (Å²) in [5, 5.41) is 0. The van der Waals surface area contributed by atoms with Gasteiger partial charge in [0, 0.05) is 10.1 Å². The van der Waals surface area contributed by atoms with Crippen LogP contribution in [0.2, 0.25) is 0 Å². The molecule has 0 unspecified atom stereocenters. The average molecular weight is 345 g/mol. The number of amides is 1. The minimum absolute atomic E-state index is 0.252. The molecule has 1 aliphatic heterocycles. The Kier molecular flexibility index (Phi) is 3.34. The summed E-state index contributed by atoms with van der Waals surface area (Å²) in [6, 6.07) is 6.02. The van der Waals surface area contributed by atoms with Crippen molar-refractivity contribution in [2.24, 2.45) is 0 Å². The Morgan fingerprint density at radius 1 is 1.41 bits per heavy atom. The number of hydrogen-bond acceptors (Lipinski definition) is 2. The lowest BCUT2D eigenvalue weighted by atomic mass is 10.2. The molecule has 0 N–H and O–H groups in total. The maximum absolute atomic E-state index is 12.0. The molecule has 0 aromatic heterocycles. The van der Waals surface area contributed by atoms with Crippen molar-refractivity contribution >= 4 is 34.4 Å². The van der Waals surface area contributed by atoms with Crippen LogP contribution in [0.25, 0.3) is 0 Å². The highest BCUT2D eigenvalue weighted by Crippen LogP contribution is 2.32. The number of benzene rings is 1. The molecule has 1 aromatic rings. The molecule has 3 nitrogen and oxygen atoms in total. The van der Waals surface area contributed by atoms with Crippen LogP contribution in [0.5, 0.6) is 0 Å². The number of ether oxygens (including phenoxy) is 1. The lowest BCUT2D eigenvalue weighted by Crippen LogP contribution is -2.35. The molecule has 1 heterocycles. The van der Waals surface area contributed by atoms with E-state index in [0.29, 0.717) is 6.54 Å². The van der Waals surface area contributed by atoms with Crippen LogP contribution in [0, 0.1) is 3.57 Å². The molecule has 4 heteroatoms. The van der Waals surface area contributed by atoms with Gasteiger partial charge in [-0.05, 0) is 67.5 Å². The fourth-order valence-electron chi connectivity index (χ4n) is 1.90. The fourth-order valence-corrected chi connectivity index (χ4v) is 2.65. The standard InChI is InChI=1S/C13H16INO2/c1-13(2,3)17-12(16)15-8-7-9-10(14)5-4-6-11(9)15/h4-6H,7-8H2,1-3H3. The van der Waals surface area contributed by atoms with E-state index in [-0.39, 0.29) is 6.09 Å². The third-order valence-corrected chi connectivity index (χ3v) is 3.59. The Morgan fingerprint density at radius 3 is 2.76 bits per heavy atom. The topological polar surface area (TPSA) is 29.5 Å². The molecule has 92 valence electrons. The summed E-state index contributed by atoms with van der Waals surface area (Å²) in [7, 11) is 0. The Morgan fingerprint density at radius 2 is 2.12 bits per heavy atom. The van der Waals surface area contributed by atoms with Gasteiger partial charge < -0.3 is 4.74 Å². The van der Waals surface area contributed by atoms with E-state index >= 15 is 0 Å². The van der Waals surface area contributed by atoms with E-state index in [1.807, 2.05) is 32.9 Å². The third kappa shape index (κ3) is 2.73. The quantitative estimate of drug-likeness (QED) is 0.673. The van der Waals surface area contributed by atoms with Crippen molar-refractivity contribution < 1.29 is 9.53 Å². The molecule has 1 aromatic carbocycles. The summed E-state index contributed by atoms with van der Waals surface area (Å²) < 4.78 is 6.62. The summed E-state index contributed by atoms with van der Waals surface area (Å²) in [6.45, 7) is 6.37. The van der Waals surface area contributed by atoms with Crippen molar-refractivity contribution in [2.75, 3.05) is 11.4 Å². The van der Waals surface area contributed by atoms with Crippen LogP contribution in [-0.2, 0) is 11.2 Å². The van der Waals surface area contributed by atoms with Crippen LogP contribution in [-0.4, -0.2) is 18.2 Å². The van der Waals surface area contributed by atoms with Gasteiger partial charge in [-0.15, -0.1) is 0 Å². The molecule has 2 rings (SSSR count). The zero-order valence-electron chi connectivity index (χ0n) is 10.3. The molecule has 0 spiro atoms. The van der Waals surface area contributed by atoms with Crippen molar-refractivity contribution in [1.29, 1.82) is 0 Å². The van der Waals surface area contributed by atoms with E-state index in [1.54, 1.807) is 4.90 Å². The number of carbonyl (C=O) groups excluding carboxylic acids is 1. The molecule has 0 atom stereocenters. The molecule has 0 saturated carbocycles. The molecule has 0 radical (unpaired) electrons. The van der Waals surface area contributed by atoms with Gasteiger partial charge in [-0.2, -0.15) is 0 Å². The first-order valence-corrected chi connectivity index (χ1v) is 6.74. The van der Waals surface area contributed by atoms with Crippen LogP contribution in [0.3, 0.4) is 0 Å². The van der Waals surface area contributed by atoms with Gasteiger partial charge in [0.2, 0.25) is 0 Å². The number of carbonyl (C=O) groups is 1. The van der Waals surface area contributed by atoms with Crippen LogP contribution in [0.4, 0.5) is 10.5 Å². The molecule has 0 fully saturated rings. The molecule has 17 heavy (non-hydrogen) atoms. The predicted molar refractivity (Wildman–Crippen MR) is 76.4 cm³/mol. The summed E-state index contributed by atoms with van der Waals surface area (Å²) in [4.78, 5) is 13.8. The number of anilines is 1. The SMILES string of the molecule is CC(C)(C)OC(=O)N1CCc2c(I)cccc21. The lowest BCUT2D eigenvalue weighted by Gasteiger charge is -2.24. The second-order valence-corrected chi connectivity index (χ2v) is 6.28. The van der Waals surface area contributed by atoms with Crippen molar-refractivity contribution in [3.8, 4) is 0 Å². The first-order valence-electron chi connectivity index (χ1n) is 5.66. The van der Waals surface area contributed by atoms with Crippen LogP contribution < -0.4 is 4.90 Å². The van der Waals surface area contributed by atoms with E-state index in [4.69, 9.17) is 4.74 Å². The maximum Gasteiger partial charge on any atom is 0.414 e.